The van der Waals surface area contributed by atoms with E-state index in [1.165, 1.54) is 11.1 Å². The van der Waals surface area contributed by atoms with Crippen molar-refractivity contribution >= 4 is 18.0 Å². The van der Waals surface area contributed by atoms with Gasteiger partial charge in [0.2, 0.25) is 5.91 Å². The maximum absolute atomic E-state index is 12.5. The fourth-order valence-corrected chi connectivity index (χ4v) is 5.02. The molecule has 2 amide bonds. The second-order valence-corrected chi connectivity index (χ2v) is 8.95. The van der Waals surface area contributed by atoms with Crippen molar-refractivity contribution in [1.29, 1.82) is 0 Å². The molecular weight excluding hydrogens is 448 g/mol. The van der Waals surface area contributed by atoms with Gasteiger partial charge in [0, 0.05) is 25.0 Å². The number of carboxylic acid groups (broad SMARTS) is 1. The van der Waals surface area contributed by atoms with E-state index in [-0.39, 0.29) is 57.1 Å². The average Bonchev–Trinajstić information content (AvgIpc) is 3.18. The second-order valence-electron chi connectivity index (χ2n) is 8.95. The second kappa shape index (κ2) is 11.8. The predicted molar refractivity (Wildman–Crippen MR) is 130 cm³/mol. The van der Waals surface area contributed by atoms with Crippen LogP contribution in [-0.4, -0.2) is 66.9 Å². The van der Waals surface area contributed by atoms with Gasteiger partial charge in [0.1, 0.15) is 6.61 Å². The largest absolute Gasteiger partial charge is 0.481 e. The van der Waals surface area contributed by atoms with Crippen LogP contribution in [0, 0.1) is 0 Å². The van der Waals surface area contributed by atoms with Crippen molar-refractivity contribution in [1.82, 2.24) is 10.2 Å². The number of nitrogens with zero attached hydrogens (tertiary/aromatic N) is 1. The molecule has 0 saturated carbocycles. The van der Waals surface area contributed by atoms with Crippen LogP contribution in [0.4, 0.5) is 4.79 Å². The summed E-state index contributed by atoms with van der Waals surface area (Å²) in [6, 6.07) is 16.1. The van der Waals surface area contributed by atoms with Gasteiger partial charge in [-0.25, -0.2) is 4.79 Å². The number of ether oxygens (including phenoxy) is 2. The molecule has 1 aliphatic heterocycles. The van der Waals surface area contributed by atoms with Crippen LogP contribution < -0.4 is 5.32 Å². The van der Waals surface area contributed by atoms with E-state index in [4.69, 9.17) is 14.6 Å². The Morgan fingerprint density at radius 1 is 0.971 bits per heavy atom. The molecule has 2 aliphatic rings. The molecule has 1 fully saturated rings. The Morgan fingerprint density at radius 2 is 1.66 bits per heavy atom. The Bertz CT molecular complexity index is 1010. The minimum absolute atomic E-state index is 0.00940. The van der Waals surface area contributed by atoms with Crippen LogP contribution in [0.25, 0.3) is 11.1 Å². The summed E-state index contributed by atoms with van der Waals surface area (Å²) in [6.45, 7) is 1.61. The molecule has 0 radical (unpaired) electrons. The summed E-state index contributed by atoms with van der Waals surface area (Å²) in [7, 11) is 0. The average molecular weight is 481 g/mol. The quantitative estimate of drug-likeness (QED) is 0.502. The van der Waals surface area contributed by atoms with E-state index < -0.39 is 12.1 Å². The molecular formula is C27H32N2O6. The van der Waals surface area contributed by atoms with Crippen molar-refractivity contribution in [2.24, 2.45) is 0 Å². The summed E-state index contributed by atoms with van der Waals surface area (Å²) in [6.07, 6.45) is 2.24. The summed E-state index contributed by atoms with van der Waals surface area (Å²) in [5.74, 6) is -0.958. The lowest BCUT2D eigenvalue weighted by Gasteiger charge is -2.35. The van der Waals surface area contributed by atoms with E-state index in [0.29, 0.717) is 6.54 Å². The predicted octanol–water partition coefficient (Wildman–Crippen LogP) is 3.79. The molecule has 1 saturated heterocycles. The monoisotopic (exact) mass is 480 g/mol. The van der Waals surface area contributed by atoms with E-state index in [1.807, 2.05) is 24.3 Å². The third kappa shape index (κ3) is 6.19. The summed E-state index contributed by atoms with van der Waals surface area (Å²) in [5.41, 5.74) is 4.68. The standard InChI is InChI=1S/C27H32N2O6/c30-25(29-14-6-5-7-19(29)17-26(31)32)12-15-34-16-13-28-27(33)35-18-24-22-10-3-1-8-20(22)21-9-2-4-11-23(21)24/h1-4,8-11,19,24H,5-7,12-18H2,(H,28,33)(H,31,32)/t19-/m0/s1. The Morgan fingerprint density at radius 3 is 2.34 bits per heavy atom. The number of amides is 2. The van der Waals surface area contributed by atoms with E-state index >= 15 is 0 Å². The van der Waals surface area contributed by atoms with Crippen molar-refractivity contribution in [2.75, 3.05) is 32.9 Å². The van der Waals surface area contributed by atoms with Crippen LogP contribution in [0.2, 0.25) is 0 Å². The van der Waals surface area contributed by atoms with Crippen molar-refractivity contribution in [3.63, 3.8) is 0 Å². The topological polar surface area (TPSA) is 105 Å². The molecule has 8 nitrogen and oxygen atoms in total. The lowest BCUT2D eigenvalue weighted by atomic mass is 9.98. The zero-order chi connectivity index (χ0) is 24.6. The van der Waals surface area contributed by atoms with Crippen LogP contribution in [0.1, 0.15) is 49.1 Å². The number of likely N-dealkylation sites (tertiary alicyclic amines) is 1. The molecule has 2 aromatic carbocycles. The number of fused-ring (bicyclic) bond motifs is 3. The third-order valence-corrected chi connectivity index (χ3v) is 6.68. The zero-order valence-corrected chi connectivity index (χ0v) is 19.8. The smallest absolute Gasteiger partial charge is 0.407 e. The molecule has 186 valence electrons. The molecule has 1 heterocycles. The number of carbonyl (C=O) groups excluding carboxylic acids is 2. The van der Waals surface area contributed by atoms with Gasteiger partial charge < -0.3 is 24.8 Å². The molecule has 2 N–H and O–H groups in total. The Kier molecular flexibility index (Phi) is 8.36. The van der Waals surface area contributed by atoms with Gasteiger partial charge in [0.05, 0.1) is 26.1 Å². The van der Waals surface area contributed by atoms with Crippen LogP contribution >= 0.6 is 0 Å². The van der Waals surface area contributed by atoms with Crippen LogP contribution in [0.3, 0.4) is 0 Å². The summed E-state index contributed by atoms with van der Waals surface area (Å²) in [5, 5.41) is 11.8. The number of alkyl carbamates (subject to hydrolysis) is 1. The van der Waals surface area contributed by atoms with Gasteiger partial charge in [-0.15, -0.1) is 0 Å². The summed E-state index contributed by atoms with van der Waals surface area (Å²) >= 11 is 0. The molecule has 0 spiro atoms. The number of aliphatic carboxylic acids is 1. The lowest BCUT2D eigenvalue weighted by molar-refractivity contribution is -0.142. The van der Waals surface area contributed by atoms with Crippen LogP contribution in [0.15, 0.2) is 48.5 Å². The van der Waals surface area contributed by atoms with Gasteiger partial charge in [-0.05, 0) is 41.5 Å². The number of benzene rings is 2. The Labute approximate surface area is 205 Å². The molecule has 1 atom stereocenters. The van der Waals surface area contributed by atoms with Gasteiger partial charge in [-0.3, -0.25) is 9.59 Å². The van der Waals surface area contributed by atoms with Crippen molar-refractivity contribution in [3.8, 4) is 11.1 Å². The van der Waals surface area contributed by atoms with E-state index in [2.05, 4.69) is 29.6 Å². The highest BCUT2D eigenvalue weighted by atomic mass is 16.5. The number of hydrogen-bond acceptors (Lipinski definition) is 5. The number of hydrogen-bond donors (Lipinski definition) is 2. The third-order valence-electron chi connectivity index (χ3n) is 6.68. The first-order chi connectivity index (χ1) is 17.0. The van der Waals surface area contributed by atoms with E-state index in [0.717, 1.165) is 30.4 Å². The van der Waals surface area contributed by atoms with Crippen molar-refractivity contribution in [2.45, 2.75) is 44.1 Å². The first kappa shape index (κ1) is 24.7. The normalized spacial score (nSPS) is 16.9. The fraction of sp³-hybridized carbons (Fsp3) is 0.444. The zero-order valence-electron chi connectivity index (χ0n) is 19.8. The van der Waals surface area contributed by atoms with Crippen LogP contribution in [0.5, 0.6) is 0 Å². The highest BCUT2D eigenvalue weighted by molar-refractivity contribution is 5.79. The number of nitrogens with one attached hydrogen (secondary N) is 1. The maximum Gasteiger partial charge on any atom is 0.407 e. The molecule has 1 aliphatic carbocycles. The Hall–Kier alpha value is -3.39. The Balaban J connectivity index is 1.14. The molecule has 2 aromatic rings. The van der Waals surface area contributed by atoms with Gasteiger partial charge >= 0.3 is 12.1 Å². The lowest BCUT2D eigenvalue weighted by Crippen LogP contribution is -2.45. The summed E-state index contributed by atoms with van der Waals surface area (Å²) < 4.78 is 11.0. The number of carboxylic acids is 1. The van der Waals surface area contributed by atoms with E-state index in [9.17, 15) is 14.4 Å². The highest BCUT2D eigenvalue weighted by Gasteiger charge is 2.29. The molecule has 0 aromatic heterocycles. The van der Waals surface area contributed by atoms with Gasteiger partial charge in [0.15, 0.2) is 0 Å². The molecule has 8 heteroatoms. The molecule has 0 unspecified atom stereocenters. The minimum Gasteiger partial charge on any atom is -0.481 e. The molecule has 0 bridgehead atoms. The number of carbonyl (C=O) groups is 3. The first-order valence-electron chi connectivity index (χ1n) is 12.2. The number of piperidine rings is 1. The van der Waals surface area contributed by atoms with Crippen molar-refractivity contribution in [3.05, 3.63) is 59.7 Å². The maximum atomic E-state index is 12.5. The van der Waals surface area contributed by atoms with Crippen molar-refractivity contribution < 1.29 is 29.0 Å². The fourth-order valence-electron chi connectivity index (χ4n) is 5.02. The molecule has 35 heavy (non-hydrogen) atoms. The minimum atomic E-state index is -0.884. The first-order valence-corrected chi connectivity index (χ1v) is 12.2. The van der Waals surface area contributed by atoms with E-state index in [1.54, 1.807) is 4.90 Å². The SMILES string of the molecule is O=C(O)C[C@@H]1CCCCN1C(=O)CCOCCNC(=O)OCC1c2ccccc2-c2ccccc21. The molecule has 4 rings (SSSR count). The van der Waals surface area contributed by atoms with Gasteiger partial charge in [-0.2, -0.15) is 0 Å². The highest BCUT2D eigenvalue weighted by Crippen LogP contribution is 2.44. The van der Waals surface area contributed by atoms with Gasteiger partial charge in [-0.1, -0.05) is 48.5 Å². The van der Waals surface area contributed by atoms with Crippen LogP contribution in [-0.2, 0) is 19.1 Å². The summed E-state index contributed by atoms with van der Waals surface area (Å²) in [4.78, 5) is 37.4. The number of rotatable bonds is 10. The van der Waals surface area contributed by atoms with Gasteiger partial charge in [0.25, 0.3) is 0 Å².